The molecule has 5 nitrogen and oxygen atoms in total. The molecule has 122 valence electrons. The molecule has 3 rings (SSSR count). The van der Waals surface area contributed by atoms with E-state index in [-0.39, 0.29) is 10.8 Å². The van der Waals surface area contributed by atoms with E-state index >= 15 is 0 Å². The summed E-state index contributed by atoms with van der Waals surface area (Å²) in [6.07, 6.45) is 2.83. The predicted octanol–water partition coefficient (Wildman–Crippen LogP) is 3.27. The van der Waals surface area contributed by atoms with E-state index in [9.17, 15) is 13.5 Å². The molecule has 0 aromatic carbocycles. The number of sulfonamides is 1. The number of nitrogens with one attached hydrogen (secondary N) is 1. The highest BCUT2D eigenvalue weighted by Gasteiger charge is 2.35. The highest BCUT2D eigenvalue weighted by Crippen LogP contribution is 2.33. The molecular weight excluding hydrogens is 378 g/mol. The van der Waals surface area contributed by atoms with E-state index in [2.05, 4.69) is 4.72 Å². The number of halogens is 1. The minimum Gasteiger partial charge on any atom is -0.472 e. The average molecular weight is 390 g/mol. The van der Waals surface area contributed by atoms with Crippen molar-refractivity contribution in [2.45, 2.75) is 9.81 Å². The summed E-state index contributed by atoms with van der Waals surface area (Å²) < 4.78 is 32.6. The normalized spacial score (nSPS) is 14.7. The molecule has 0 saturated heterocycles. The van der Waals surface area contributed by atoms with Crippen LogP contribution in [0.25, 0.3) is 0 Å². The lowest BCUT2D eigenvalue weighted by molar-refractivity contribution is 0.0892. The van der Waals surface area contributed by atoms with Crippen LogP contribution in [-0.2, 0) is 15.6 Å². The maximum absolute atomic E-state index is 12.3. The molecule has 0 radical (unpaired) electrons. The Balaban J connectivity index is 1.89. The molecular formula is C14H12ClNO4S3. The van der Waals surface area contributed by atoms with Gasteiger partial charge in [-0.1, -0.05) is 17.7 Å². The third kappa shape index (κ3) is 3.37. The Hall–Kier alpha value is -1.16. The summed E-state index contributed by atoms with van der Waals surface area (Å²) in [5.41, 5.74) is -1.03. The summed E-state index contributed by atoms with van der Waals surface area (Å²) in [5.74, 6) is 0. The second kappa shape index (κ2) is 6.39. The molecule has 0 saturated carbocycles. The second-order valence-electron chi connectivity index (χ2n) is 4.73. The van der Waals surface area contributed by atoms with Crippen LogP contribution in [0.3, 0.4) is 0 Å². The van der Waals surface area contributed by atoms with Gasteiger partial charge in [-0.15, -0.1) is 22.7 Å². The first-order valence-electron chi connectivity index (χ1n) is 6.46. The summed E-state index contributed by atoms with van der Waals surface area (Å²) in [4.78, 5) is 0.616. The molecule has 0 bridgehead atoms. The topological polar surface area (TPSA) is 79.5 Å². The van der Waals surface area contributed by atoms with Crippen molar-refractivity contribution in [3.8, 4) is 0 Å². The highest BCUT2D eigenvalue weighted by molar-refractivity contribution is 7.91. The molecule has 0 spiro atoms. The van der Waals surface area contributed by atoms with Crippen LogP contribution in [0.2, 0.25) is 4.34 Å². The van der Waals surface area contributed by atoms with Crippen molar-refractivity contribution in [3.05, 3.63) is 63.0 Å². The fourth-order valence-corrected chi connectivity index (χ4v) is 5.49. The van der Waals surface area contributed by atoms with Crippen LogP contribution in [0.1, 0.15) is 10.4 Å². The largest absolute Gasteiger partial charge is 0.472 e. The number of rotatable bonds is 6. The van der Waals surface area contributed by atoms with Gasteiger partial charge in [-0.25, -0.2) is 13.1 Å². The molecule has 3 heterocycles. The number of hydrogen-bond acceptors (Lipinski definition) is 6. The van der Waals surface area contributed by atoms with Crippen LogP contribution in [0.4, 0.5) is 0 Å². The van der Waals surface area contributed by atoms with Crippen LogP contribution >= 0.6 is 34.3 Å². The van der Waals surface area contributed by atoms with Gasteiger partial charge in [-0.05, 0) is 29.6 Å². The summed E-state index contributed by atoms with van der Waals surface area (Å²) in [6, 6.07) is 8.09. The Morgan fingerprint density at radius 3 is 2.70 bits per heavy atom. The molecule has 23 heavy (non-hydrogen) atoms. The first kappa shape index (κ1) is 16.7. The van der Waals surface area contributed by atoms with Crippen LogP contribution in [-0.4, -0.2) is 20.1 Å². The van der Waals surface area contributed by atoms with E-state index in [1.165, 1.54) is 36.0 Å². The zero-order chi connectivity index (χ0) is 16.5. The predicted molar refractivity (Wildman–Crippen MR) is 90.5 cm³/mol. The lowest BCUT2D eigenvalue weighted by Crippen LogP contribution is -2.40. The lowest BCUT2D eigenvalue weighted by atomic mass is 9.95. The van der Waals surface area contributed by atoms with Gasteiger partial charge in [-0.3, -0.25) is 0 Å². The molecule has 0 fully saturated rings. The van der Waals surface area contributed by atoms with Gasteiger partial charge in [0.05, 0.1) is 16.9 Å². The molecule has 0 amide bonds. The van der Waals surface area contributed by atoms with Crippen LogP contribution in [0.5, 0.6) is 0 Å². The third-order valence-electron chi connectivity index (χ3n) is 3.26. The van der Waals surface area contributed by atoms with Crippen molar-refractivity contribution in [1.82, 2.24) is 4.72 Å². The minimum atomic E-state index is -3.76. The number of hydrogen-bond donors (Lipinski definition) is 2. The first-order chi connectivity index (χ1) is 10.9. The van der Waals surface area contributed by atoms with Crippen LogP contribution < -0.4 is 4.72 Å². The van der Waals surface area contributed by atoms with E-state index in [1.807, 2.05) is 5.38 Å². The zero-order valence-electron chi connectivity index (χ0n) is 11.6. The highest BCUT2D eigenvalue weighted by atomic mass is 35.5. The van der Waals surface area contributed by atoms with Crippen molar-refractivity contribution in [2.24, 2.45) is 0 Å². The Bertz CT molecular complexity index is 835. The number of thiophene rings is 2. The van der Waals surface area contributed by atoms with Gasteiger partial charge < -0.3 is 9.52 Å². The zero-order valence-corrected chi connectivity index (χ0v) is 14.8. The molecule has 1 atom stereocenters. The van der Waals surface area contributed by atoms with Crippen molar-refractivity contribution >= 4 is 44.3 Å². The summed E-state index contributed by atoms with van der Waals surface area (Å²) in [5, 5.41) is 12.9. The van der Waals surface area contributed by atoms with E-state index in [1.54, 1.807) is 18.2 Å². The van der Waals surface area contributed by atoms with Gasteiger partial charge in [0, 0.05) is 17.0 Å². The smallest absolute Gasteiger partial charge is 0.250 e. The van der Waals surface area contributed by atoms with Gasteiger partial charge in [-0.2, -0.15) is 0 Å². The lowest BCUT2D eigenvalue weighted by Gasteiger charge is -2.26. The van der Waals surface area contributed by atoms with Crippen LogP contribution in [0, 0.1) is 0 Å². The Morgan fingerprint density at radius 2 is 2.13 bits per heavy atom. The maximum Gasteiger partial charge on any atom is 0.250 e. The molecule has 9 heteroatoms. The van der Waals surface area contributed by atoms with E-state index in [4.69, 9.17) is 16.0 Å². The fourth-order valence-electron chi connectivity index (χ4n) is 2.06. The minimum absolute atomic E-state index is 0.100. The van der Waals surface area contributed by atoms with Crippen molar-refractivity contribution in [2.75, 3.05) is 6.54 Å². The summed E-state index contributed by atoms with van der Waals surface area (Å²) in [7, 11) is -3.76. The molecule has 0 aliphatic rings. The molecule has 3 aromatic rings. The van der Waals surface area contributed by atoms with Crippen LogP contribution in [0.15, 0.2) is 56.9 Å². The summed E-state index contributed by atoms with van der Waals surface area (Å²) >= 11 is 8.08. The van der Waals surface area contributed by atoms with Gasteiger partial charge in [0.25, 0.3) is 0 Å². The molecule has 0 aliphatic carbocycles. The molecule has 2 N–H and O–H groups in total. The maximum atomic E-state index is 12.3. The van der Waals surface area contributed by atoms with Gasteiger partial charge in [0.1, 0.15) is 9.81 Å². The number of furan rings is 1. The average Bonchev–Trinajstić information content (AvgIpc) is 3.25. The van der Waals surface area contributed by atoms with Crippen molar-refractivity contribution in [3.63, 3.8) is 0 Å². The van der Waals surface area contributed by atoms with E-state index < -0.39 is 15.6 Å². The van der Waals surface area contributed by atoms with E-state index in [0.717, 1.165) is 11.3 Å². The SMILES string of the molecule is O=S(=O)(NC[C@@](O)(c1ccoc1)c1cccs1)c1ccc(Cl)s1. The van der Waals surface area contributed by atoms with Crippen molar-refractivity contribution < 1.29 is 17.9 Å². The quantitative estimate of drug-likeness (QED) is 0.678. The Morgan fingerprint density at radius 1 is 1.30 bits per heavy atom. The van der Waals surface area contributed by atoms with E-state index in [0.29, 0.717) is 14.8 Å². The standard InChI is InChI=1S/C14H12ClNO4S3/c15-12-3-4-13(22-12)23(18,19)16-9-14(17,10-5-6-20-8-10)11-2-1-7-21-11/h1-8,16-17H,9H2/t14-/m1/s1. The molecule has 0 aliphatic heterocycles. The monoisotopic (exact) mass is 389 g/mol. The fraction of sp³-hybridized carbons (Fsp3) is 0.143. The Kier molecular flexibility index (Phi) is 4.63. The Labute approximate surface area is 146 Å². The molecule has 0 unspecified atom stereocenters. The van der Waals surface area contributed by atoms with Gasteiger partial charge in [0.15, 0.2) is 0 Å². The van der Waals surface area contributed by atoms with Crippen molar-refractivity contribution in [1.29, 1.82) is 0 Å². The number of aliphatic hydroxyl groups is 1. The summed E-state index contributed by atoms with van der Waals surface area (Å²) in [6.45, 7) is -0.217. The molecule has 3 aromatic heterocycles. The second-order valence-corrected chi connectivity index (χ2v) is 9.39. The third-order valence-corrected chi connectivity index (χ3v) is 7.40. The van der Waals surface area contributed by atoms with Gasteiger partial charge in [0.2, 0.25) is 10.0 Å². The first-order valence-corrected chi connectivity index (χ1v) is 10.0. The van der Waals surface area contributed by atoms with Gasteiger partial charge >= 0.3 is 0 Å².